The van der Waals surface area contributed by atoms with Crippen molar-refractivity contribution < 1.29 is 24.2 Å². The maximum Gasteiger partial charge on any atom is 0.326 e. The number of amides is 1. The zero-order chi connectivity index (χ0) is 14.4. The van der Waals surface area contributed by atoms with Crippen LogP contribution in [0, 0.1) is 5.92 Å². The Hall–Kier alpha value is -1.14. The van der Waals surface area contributed by atoms with Gasteiger partial charge in [0.2, 0.25) is 5.91 Å². The molecule has 3 unspecified atom stereocenters. The first-order chi connectivity index (χ1) is 8.91. The fourth-order valence-electron chi connectivity index (χ4n) is 1.89. The Morgan fingerprint density at radius 3 is 2.58 bits per heavy atom. The Balaban J connectivity index is 2.36. The number of ether oxygens (including phenoxy) is 2. The van der Waals surface area contributed by atoms with Gasteiger partial charge in [-0.15, -0.1) is 0 Å². The molecule has 0 aromatic rings. The number of carbonyl (C=O) groups is 2. The predicted molar refractivity (Wildman–Crippen MR) is 68.8 cm³/mol. The molecule has 1 aliphatic rings. The highest BCUT2D eigenvalue weighted by Gasteiger charge is 2.26. The summed E-state index contributed by atoms with van der Waals surface area (Å²) in [5.41, 5.74) is 0. The van der Waals surface area contributed by atoms with Crippen LogP contribution in [0.4, 0.5) is 0 Å². The molecule has 1 aliphatic heterocycles. The van der Waals surface area contributed by atoms with E-state index in [1.165, 1.54) is 0 Å². The number of nitrogens with one attached hydrogen (secondary N) is 1. The largest absolute Gasteiger partial charge is 0.480 e. The van der Waals surface area contributed by atoms with Crippen LogP contribution in [0.25, 0.3) is 0 Å². The van der Waals surface area contributed by atoms with Crippen LogP contribution in [-0.4, -0.2) is 48.4 Å². The molecule has 1 rings (SSSR count). The third-order valence-electron chi connectivity index (χ3n) is 3.16. The Bertz CT molecular complexity index is 312. The highest BCUT2D eigenvalue weighted by Crippen LogP contribution is 2.13. The van der Waals surface area contributed by atoms with E-state index in [0.717, 1.165) is 19.4 Å². The second-order valence-electron chi connectivity index (χ2n) is 5.18. The smallest absolute Gasteiger partial charge is 0.326 e. The predicted octanol–water partition coefficient (Wildman–Crippen LogP) is 0.796. The number of rotatable bonds is 7. The van der Waals surface area contributed by atoms with E-state index in [1.54, 1.807) is 20.8 Å². The monoisotopic (exact) mass is 273 g/mol. The van der Waals surface area contributed by atoms with E-state index in [0.29, 0.717) is 6.61 Å². The molecule has 0 spiro atoms. The first kappa shape index (κ1) is 15.9. The molecule has 1 heterocycles. The first-order valence-electron chi connectivity index (χ1n) is 6.68. The molecule has 110 valence electrons. The minimum absolute atomic E-state index is 0.0515. The van der Waals surface area contributed by atoms with E-state index in [4.69, 9.17) is 14.6 Å². The summed E-state index contributed by atoms with van der Waals surface area (Å²) < 4.78 is 10.8. The van der Waals surface area contributed by atoms with Gasteiger partial charge in [-0.25, -0.2) is 4.79 Å². The van der Waals surface area contributed by atoms with Crippen LogP contribution >= 0.6 is 0 Å². The van der Waals surface area contributed by atoms with Crippen LogP contribution in [0.1, 0.15) is 33.6 Å². The van der Waals surface area contributed by atoms with Gasteiger partial charge in [-0.2, -0.15) is 0 Å². The fourth-order valence-corrected chi connectivity index (χ4v) is 1.89. The lowest BCUT2D eigenvalue weighted by Crippen LogP contribution is -2.48. The summed E-state index contributed by atoms with van der Waals surface area (Å²) in [7, 11) is 0. The van der Waals surface area contributed by atoms with Crippen LogP contribution in [-0.2, 0) is 19.1 Å². The van der Waals surface area contributed by atoms with Crippen molar-refractivity contribution in [2.45, 2.75) is 51.9 Å². The van der Waals surface area contributed by atoms with Crippen molar-refractivity contribution in [2.75, 3.05) is 13.2 Å². The molecule has 2 N–H and O–H groups in total. The molecule has 0 radical (unpaired) electrons. The van der Waals surface area contributed by atoms with Crippen molar-refractivity contribution in [1.82, 2.24) is 5.32 Å². The second-order valence-corrected chi connectivity index (χ2v) is 5.18. The van der Waals surface area contributed by atoms with E-state index < -0.39 is 24.0 Å². The lowest BCUT2D eigenvalue weighted by atomic mass is 10.0. The highest BCUT2D eigenvalue weighted by molar-refractivity contribution is 5.86. The number of hydrogen-bond donors (Lipinski definition) is 2. The van der Waals surface area contributed by atoms with Gasteiger partial charge in [0, 0.05) is 6.61 Å². The van der Waals surface area contributed by atoms with Crippen molar-refractivity contribution in [1.29, 1.82) is 0 Å². The molecular formula is C13H23NO5. The number of aliphatic carboxylic acids is 1. The Labute approximate surface area is 113 Å². The zero-order valence-corrected chi connectivity index (χ0v) is 11.7. The van der Waals surface area contributed by atoms with E-state index in [9.17, 15) is 9.59 Å². The first-order valence-corrected chi connectivity index (χ1v) is 6.68. The third-order valence-corrected chi connectivity index (χ3v) is 3.16. The maximum atomic E-state index is 11.8. The Kier molecular flexibility index (Phi) is 6.24. The van der Waals surface area contributed by atoms with Crippen molar-refractivity contribution in [2.24, 2.45) is 5.92 Å². The van der Waals surface area contributed by atoms with Gasteiger partial charge in [0.1, 0.15) is 12.1 Å². The molecule has 19 heavy (non-hydrogen) atoms. The summed E-state index contributed by atoms with van der Waals surface area (Å²) in [6.07, 6.45) is 1.33. The van der Waals surface area contributed by atoms with Gasteiger partial charge < -0.3 is 19.9 Å². The normalized spacial score (nSPS) is 22.2. The van der Waals surface area contributed by atoms with Crippen LogP contribution in [0.3, 0.4) is 0 Å². The molecule has 0 aliphatic carbocycles. The van der Waals surface area contributed by atoms with Gasteiger partial charge in [-0.05, 0) is 25.7 Å². The summed E-state index contributed by atoms with van der Waals surface area (Å²) >= 11 is 0. The van der Waals surface area contributed by atoms with Crippen LogP contribution in [0.2, 0.25) is 0 Å². The van der Waals surface area contributed by atoms with E-state index in [1.807, 2.05) is 0 Å². The van der Waals surface area contributed by atoms with Gasteiger partial charge >= 0.3 is 5.97 Å². The minimum Gasteiger partial charge on any atom is -0.480 e. The van der Waals surface area contributed by atoms with Crippen molar-refractivity contribution in [3.05, 3.63) is 0 Å². The topological polar surface area (TPSA) is 84.9 Å². The summed E-state index contributed by atoms with van der Waals surface area (Å²) in [5, 5.41) is 11.5. The molecule has 6 nitrogen and oxygen atoms in total. The standard InChI is InChI=1S/C13H23NO5/c1-8(2)11(13(16)17)14-12(15)9(3)19-7-10-5-4-6-18-10/h8-11H,4-7H2,1-3H3,(H,14,15)(H,16,17). The molecule has 0 aromatic heterocycles. The van der Waals surface area contributed by atoms with E-state index >= 15 is 0 Å². The lowest BCUT2D eigenvalue weighted by molar-refractivity contribution is -0.146. The molecule has 6 heteroatoms. The molecule has 1 amide bonds. The van der Waals surface area contributed by atoms with E-state index in [2.05, 4.69) is 5.32 Å². The number of carbonyl (C=O) groups excluding carboxylic acids is 1. The average molecular weight is 273 g/mol. The summed E-state index contributed by atoms with van der Waals surface area (Å²) in [6, 6.07) is -0.888. The summed E-state index contributed by atoms with van der Waals surface area (Å²) in [6.45, 7) is 6.22. The SMILES string of the molecule is CC(OCC1CCCO1)C(=O)NC(C(=O)O)C(C)C. The molecule has 3 atom stereocenters. The third kappa shape index (κ3) is 5.16. The number of carboxylic acid groups (broad SMARTS) is 1. The molecular weight excluding hydrogens is 250 g/mol. The van der Waals surface area contributed by atoms with Crippen LogP contribution in [0.5, 0.6) is 0 Å². The lowest BCUT2D eigenvalue weighted by Gasteiger charge is -2.21. The maximum absolute atomic E-state index is 11.8. The Morgan fingerprint density at radius 2 is 2.11 bits per heavy atom. The van der Waals surface area contributed by atoms with Gasteiger partial charge in [-0.3, -0.25) is 4.79 Å². The number of hydrogen-bond acceptors (Lipinski definition) is 4. The van der Waals surface area contributed by atoms with Crippen molar-refractivity contribution in [3.63, 3.8) is 0 Å². The molecule has 0 aromatic carbocycles. The highest BCUT2D eigenvalue weighted by atomic mass is 16.5. The minimum atomic E-state index is -1.03. The molecule has 1 saturated heterocycles. The summed E-state index contributed by atoms with van der Waals surface area (Å²) in [4.78, 5) is 22.8. The van der Waals surface area contributed by atoms with Gasteiger partial charge in [-0.1, -0.05) is 13.8 Å². The average Bonchev–Trinajstić information content (AvgIpc) is 2.84. The van der Waals surface area contributed by atoms with Crippen LogP contribution in [0.15, 0.2) is 0 Å². The Morgan fingerprint density at radius 1 is 1.42 bits per heavy atom. The van der Waals surface area contributed by atoms with Crippen molar-refractivity contribution >= 4 is 11.9 Å². The molecule has 0 saturated carbocycles. The molecule has 0 bridgehead atoms. The number of carboxylic acids is 1. The van der Waals surface area contributed by atoms with Crippen LogP contribution < -0.4 is 5.32 Å². The second kappa shape index (κ2) is 7.45. The van der Waals surface area contributed by atoms with Crippen molar-refractivity contribution in [3.8, 4) is 0 Å². The fraction of sp³-hybridized carbons (Fsp3) is 0.846. The summed E-state index contributed by atoms with van der Waals surface area (Å²) in [5.74, 6) is -1.61. The van der Waals surface area contributed by atoms with Gasteiger partial charge in [0.15, 0.2) is 0 Å². The van der Waals surface area contributed by atoms with Gasteiger partial charge in [0.25, 0.3) is 0 Å². The quantitative estimate of drug-likeness (QED) is 0.716. The molecule has 1 fully saturated rings. The van der Waals surface area contributed by atoms with E-state index in [-0.39, 0.29) is 12.0 Å². The zero-order valence-electron chi connectivity index (χ0n) is 11.7. The van der Waals surface area contributed by atoms with Gasteiger partial charge in [0.05, 0.1) is 12.7 Å².